The summed E-state index contributed by atoms with van der Waals surface area (Å²) in [6.45, 7) is 0.509. The summed E-state index contributed by atoms with van der Waals surface area (Å²) in [7, 11) is 3.29. The monoisotopic (exact) mass is 421 g/mol. The summed E-state index contributed by atoms with van der Waals surface area (Å²) in [5.41, 5.74) is 4.08. The van der Waals surface area contributed by atoms with Crippen molar-refractivity contribution in [2.45, 2.75) is 19.4 Å². The second-order valence-corrected chi connectivity index (χ2v) is 7.70. The van der Waals surface area contributed by atoms with Crippen LogP contribution in [0.2, 0.25) is 0 Å². The first-order chi connectivity index (χ1) is 14.7. The van der Waals surface area contributed by atoms with Crippen molar-refractivity contribution in [3.63, 3.8) is 0 Å². The molecule has 6 nitrogen and oxygen atoms in total. The van der Waals surface area contributed by atoms with Crippen LogP contribution in [0.3, 0.4) is 0 Å². The van der Waals surface area contributed by atoms with E-state index in [1.165, 1.54) is 0 Å². The number of nitrogens with one attached hydrogen (secondary N) is 1. The number of benzene rings is 2. The SMILES string of the molecule is COc1ccc(CNC(=O)CCc2csc3nc(-c4ccc(OC)cc4)cn23)cc1. The molecular formula is C23H23N3O3S. The van der Waals surface area contributed by atoms with Crippen molar-refractivity contribution < 1.29 is 14.3 Å². The van der Waals surface area contributed by atoms with Crippen LogP contribution in [-0.2, 0) is 17.8 Å². The molecule has 2 aromatic heterocycles. The second-order valence-electron chi connectivity index (χ2n) is 6.86. The van der Waals surface area contributed by atoms with Crippen LogP contribution in [-0.4, -0.2) is 29.5 Å². The number of carbonyl (C=O) groups is 1. The molecule has 0 atom stereocenters. The minimum atomic E-state index is 0.0284. The Balaban J connectivity index is 1.36. The molecule has 0 unspecified atom stereocenters. The van der Waals surface area contributed by atoms with Gasteiger partial charge in [0.05, 0.1) is 19.9 Å². The van der Waals surface area contributed by atoms with E-state index in [2.05, 4.69) is 15.1 Å². The van der Waals surface area contributed by atoms with Gasteiger partial charge in [-0.05, 0) is 48.4 Å². The number of nitrogens with zero attached hydrogens (tertiary/aromatic N) is 2. The first kappa shape index (κ1) is 20.0. The molecule has 2 heterocycles. The van der Waals surface area contributed by atoms with Gasteiger partial charge in [-0.15, -0.1) is 11.3 Å². The Morgan fingerprint density at radius 1 is 1.03 bits per heavy atom. The van der Waals surface area contributed by atoms with Gasteiger partial charge in [0.15, 0.2) is 4.96 Å². The van der Waals surface area contributed by atoms with E-state index in [1.54, 1.807) is 25.6 Å². The zero-order chi connectivity index (χ0) is 20.9. The molecule has 0 aliphatic heterocycles. The Kier molecular flexibility index (Phi) is 5.99. The van der Waals surface area contributed by atoms with Crippen molar-refractivity contribution in [2.24, 2.45) is 0 Å². The van der Waals surface area contributed by atoms with Crippen LogP contribution < -0.4 is 14.8 Å². The predicted octanol–water partition coefficient (Wildman–Crippen LogP) is 4.33. The Morgan fingerprint density at radius 2 is 1.70 bits per heavy atom. The van der Waals surface area contributed by atoms with Crippen LogP contribution in [0.15, 0.2) is 60.1 Å². The highest BCUT2D eigenvalue weighted by molar-refractivity contribution is 7.15. The topological polar surface area (TPSA) is 64.9 Å². The van der Waals surface area contributed by atoms with Gasteiger partial charge in [-0.3, -0.25) is 9.20 Å². The van der Waals surface area contributed by atoms with E-state index in [-0.39, 0.29) is 5.91 Å². The van der Waals surface area contributed by atoms with Gasteiger partial charge in [-0.2, -0.15) is 0 Å². The normalized spacial score (nSPS) is 10.9. The summed E-state index contributed by atoms with van der Waals surface area (Å²) in [5, 5.41) is 5.04. The van der Waals surface area contributed by atoms with Gasteiger partial charge < -0.3 is 14.8 Å². The number of hydrogen-bond acceptors (Lipinski definition) is 5. The fraction of sp³-hybridized carbons (Fsp3) is 0.217. The summed E-state index contributed by atoms with van der Waals surface area (Å²) in [4.78, 5) is 17.9. The van der Waals surface area contributed by atoms with Gasteiger partial charge >= 0.3 is 0 Å². The maximum Gasteiger partial charge on any atom is 0.220 e. The first-order valence-electron chi connectivity index (χ1n) is 9.66. The van der Waals surface area contributed by atoms with Crippen molar-refractivity contribution in [1.29, 1.82) is 0 Å². The van der Waals surface area contributed by atoms with Gasteiger partial charge in [0.25, 0.3) is 0 Å². The van der Waals surface area contributed by atoms with E-state index in [9.17, 15) is 4.79 Å². The molecule has 154 valence electrons. The number of carbonyl (C=O) groups excluding carboxylic acids is 1. The van der Waals surface area contributed by atoms with Crippen LogP contribution in [0.25, 0.3) is 16.2 Å². The zero-order valence-electron chi connectivity index (χ0n) is 16.9. The molecule has 0 saturated carbocycles. The number of rotatable bonds is 8. The standard InChI is InChI=1S/C23H23N3O3S/c1-28-19-8-3-16(4-9-19)13-24-22(27)12-7-18-15-30-23-25-21(14-26(18)23)17-5-10-20(29-2)11-6-17/h3-6,8-11,14-15H,7,12-13H2,1-2H3,(H,24,27). The molecule has 1 amide bonds. The van der Waals surface area contributed by atoms with Gasteiger partial charge in [0, 0.05) is 35.8 Å². The third-order valence-electron chi connectivity index (χ3n) is 4.93. The van der Waals surface area contributed by atoms with Crippen LogP contribution >= 0.6 is 11.3 Å². The van der Waals surface area contributed by atoms with E-state index < -0.39 is 0 Å². The molecule has 0 radical (unpaired) electrons. The van der Waals surface area contributed by atoms with Gasteiger partial charge in [-0.1, -0.05) is 12.1 Å². The molecule has 0 fully saturated rings. The number of aromatic nitrogens is 2. The average molecular weight is 422 g/mol. The van der Waals surface area contributed by atoms with Crippen LogP contribution in [0, 0.1) is 0 Å². The number of aryl methyl sites for hydroxylation is 1. The molecule has 4 aromatic rings. The van der Waals surface area contributed by atoms with E-state index in [1.807, 2.05) is 54.7 Å². The molecule has 0 saturated heterocycles. The third-order valence-corrected chi connectivity index (χ3v) is 5.81. The minimum Gasteiger partial charge on any atom is -0.497 e. The maximum absolute atomic E-state index is 12.3. The lowest BCUT2D eigenvalue weighted by Gasteiger charge is -2.06. The summed E-state index contributed by atoms with van der Waals surface area (Å²) in [6, 6.07) is 15.5. The highest BCUT2D eigenvalue weighted by atomic mass is 32.1. The Bertz CT molecular complexity index is 1130. The molecule has 0 bridgehead atoms. The lowest BCUT2D eigenvalue weighted by atomic mass is 10.1. The van der Waals surface area contributed by atoms with Crippen molar-refractivity contribution >= 4 is 22.2 Å². The Hall–Kier alpha value is -3.32. The van der Waals surface area contributed by atoms with Gasteiger partial charge in [-0.25, -0.2) is 4.98 Å². The summed E-state index contributed by atoms with van der Waals surface area (Å²) in [6.07, 6.45) is 3.11. The predicted molar refractivity (Wildman–Crippen MR) is 118 cm³/mol. The quantitative estimate of drug-likeness (QED) is 0.460. The summed E-state index contributed by atoms with van der Waals surface area (Å²) in [5.74, 6) is 1.66. The fourth-order valence-electron chi connectivity index (χ4n) is 3.18. The van der Waals surface area contributed by atoms with Crippen molar-refractivity contribution in [1.82, 2.24) is 14.7 Å². The van der Waals surface area contributed by atoms with Crippen LogP contribution in [0.5, 0.6) is 11.5 Å². The lowest BCUT2D eigenvalue weighted by Crippen LogP contribution is -2.23. The molecule has 7 heteroatoms. The molecule has 30 heavy (non-hydrogen) atoms. The second kappa shape index (κ2) is 9.00. The number of hydrogen-bond donors (Lipinski definition) is 1. The number of ether oxygens (including phenoxy) is 2. The molecule has 0 aliphatic rings. The van der Waals surface area contributed by atoms with E-state index >= 15 is 0 Å². The van der Waals surface area contributed by atoms with E-state index in [4.69, 9.17) is 14.5 Å². The molecular weight excluding hydrogens is 398 g/mol. The van der Waals surface area contributed by atoms with Gasteiger partial charge in [0.1, 0.15) is 11.5 Å². The molecule has 0 spiro atoms. The molecule has 4 rings (SSSR count). The van der Waals surface area contributed by atoms with E-state index in [0.717, 1.165) is 39.0 Å². The average Bonchev–Trinajstić information content (AvgIpc) is 3.38. The fourth-order valence-corrected chi connectivity index (χ4v) is 4.09. The largest absolute Gasteiger partial charge is 0.497 e. The molecule has 2 aromatic carbocycles. The minimum absolute atomic E-state index is 0.0284. The van der Waals surface area contributed by atoms with Crippen molar-refractivity contribution in [3.05, 3.63) is 71.4 Å². The number of thiazole rings is 1. The third kappa shape index (κ3) is 4.46. The van der Waals surface area contributed by atoms with Gasteiger partial charge in [0.2, 0.25) is 5.91 Å². The Labute approximate surface area is 179 Å². The maximum atomic E-state index is 12.3. The number of imidazole rings is 1. The number of fused-ring (bicyclic) bond motifs is 1. The number of methoxy groups -OCH3 is 2. The summed E-state index contributed by atoms with van der Waals surface area (Å²) >= 11 is 1.59. The first-order valence-corrected chi connectivity index (χ1v) is 10.5. The highest BCUT2D eigenvalue weighted by Crippen LogP contribution is 2.25. The van der Waals surface area contributed by atoms with Crippen molar-refractivity contribution in [2.75, 3.05) is 14.2 Å². The van der Waals surface area contributed by atoms with Crippen LogP contribution in [0.1, 0.15) is 17.7 Å². The Morgan fingerprint density at radius 3 is 2.37 bits per heavy atom. The highest BCUT2D eigenvalue weighted by Gasteiger charge is 2.11. The number of amides is 1. The summed E-state index contributed by atoms with van der Waals surface area (Å²) < 4.78 is 12.4. The lowest BCUT2D eigenvalue weighted by molar-refractivity contribution is -0.121. The van der Waals surface area contributed by atoms with Crippen LogP contribution in [0.4, 0.5) is 0 Å². The molecule has 1 N–H and O–H groups in total. The smallest absolute Gasteiger partial charge is 0.220 e. The van der Waals surface area contributed by atoms with E-state index in [0.29, 0.717) is 19.4 Å². The molecule has 0 aliphatic carbocycles. The zero-order valence-corrected chi connectivity index (χ0v) is 17.7. The van der Waals surface area contributed by atoms with Crippen molar-refractivity contribution in [3.8, 4) is 22.8 Å².